The number of aryl methyl sites for hydroxylation is 2. The normalized spacial score (nSPS) is 10.3. The molecule has 0 saturated carbocycles. The van der Waals surface area contributed by atoms with Gasteiger partial charge in [0.2, 0.25) is 0 Å². The minimum absolute atomic E-state index is 0.231. The van der Waals surface area contributed by atoms with Crippen molar-refractivity contribution in [2.75, 3.05) is 18.5 Å². The first kappa shape index (κ1) is 14.3. The highest BCUT2D eigenvalue weighted by Gasteiger charge is 2.03. The van der Waals surface area contributed by atoms with Gasteiger partial charge in [-0.1, -0.05) is 6.92 Å². The molecule has 0 spiro atoms. The lowest BCUT2D eigenvalue weighted by atomic mass is 10.2. The average Bonchev–Trinajstić information content (AvgIpc) is 2.46. The van der Waals surface area contributed by atoms with E-state index in [4.69, 9.17) is 4.74 Å². The van der Waals surface area contributed by atoms with Crippen LogP contribution >= 0.6 is 0 Å². The molecule has 0 unspecified atom stereocenters. The predicted octanol–water partition coefficient (Wildman–Crippen LogP) is 3.58. The van der Waals surface area contributed by atoms with Crippen molar-refractivity contribution < 1.29 is 9.13 Å². The second kappa shape index (κ2) is 6.89. The molecule has 0 fully saturated rings. The summed E-state index contributed by atoms with van der Waals surface area (Å²) in [5.41, 5.74) is 2.86. The van der Waals surface area contributed by atoms with Crippen LogP contribution in [-0.2, 0) is 6.42 Å². The molecule has 1 aromatic heterocycles. The van der Waals surface area contributed by atoms with E-state index >= 15 is 0 Å². The molecule has 0 aliphatic rings. The van der Waals surface area contributed by atoms with Gasteiger partial charge in [0.15, 0.2) is 0 Å². The van der Waals surface area contributed by atoms with Crippen molar-refractivity contribution in [3.8, 4) is 5.75 Å². The molecule has 4 heteroatoms. The van der Waals surface area contributed by atoms with Gasteiger partial charge in [-0.15, -0.1) is 0 Å². The number of nitrogens with one attached hydrogen (secondary N) is 1. The van der Waals surface area contributed by atoms with Gasteiger partial charge in [-0.2, -0.15) is 0 Å². The summed E-state index contributed by atoms with van der Waals surface area (Å²) in [6, 6.07) is 10.2. The van der Waals surface area contributed by atoms with Gasteiger partial charge in [-0.05, 0) is 49.7 Å². The van der Waals surface area contributed by atoms with Crippen LogP contribution in [0.3, 0.4) is 0 Å². The van der Waals surface area contributed by atoms with Gasteiger partial charge in [-0.3, -0.25) is 4.98 Å². The van der Waals surface area contributed by atoms with E-state index in [9.17, 15) is 4.39 Å². The molecule has 1 N–H and O–H groups in total. The largest absolute Gasteiger partial charge is 0.490 e. The summed E-state index contributed by atoms with van der Waals surface area (Å²) in [4.78, 5) is 4.45. The molecule has 0 radical (unpaired) electrons. The predicted molar refractivity (Wildman–Crippen MR) is 78.7 cm³/mol. The van der Waals surface area contributed by atoms with Crippen molar-refractivity contribution >= 4 is 5.69 Å². The van der Waals surface area contributed by atoms with E-state index in [1.165, 1.54) is 12.1 Å². The van der Waals surface area contributed by atoms with Gasteiger partial charge < -0.3 is 10.1 Å². The third kappa shape index (κ3) is 3.95. The van der Waals surface area contributed by atoms with E-state index in [2.05, 4.69) is 17.2 Å². The number of aromatic nitrogens is 1. The zero-order valence-electron chi connectivity index (χ0n) is 11.8. The molecule has 2 aromatic rings. The molecule has 0 amide bonds. The Balaban J connectivity index is 1.82. The number of ether oxygens (including phenoxy) is 1. The zero-order valence-corrected chi connectivity index (χ0v) is 11.8. The molecule has 0 aliphatic heterocycles. The maximum Gasteiger partial charge on any atom is 0.140 e. The summed E-state index contributed by atoms with van der Waals surface area (Å²) in [5.74, 6) is 0.601. The fourth-order valence-corrected chi connectivity index (χ4v) is 1.91. The van der Waals surface area contributed by atoms with Crippen LogP contribution in [0.15, 0.2) is 36.4 Å². The number of anilines is 1. The van der Waals surface area contributed by atoms with Gasteiger partial charge in [-0.25, -0.2) is 4.39 Å². The van der Waals surface area contributed by atoms with Crippen LogP contribution in [0.5, 0.6) is 5.75 Å². The minimum Gasteiger partial charge on any atom is -0.490 e. The number of hydrogen-bond acceptors (Lipinski definition) is 3. The smallest absolute Gasteiger partial charge is 0.140 e. The Kier molecular flexibility index (Phi) is 4.93. The SMILES string of the molecule is CCc1nc(C)ccc1OCCNc1ccc(F)cc1. The summed E-state index contributed by atoms with van der Waals surface area (Å²) < 4.78 is 18.5. The van der Waals surface area contributed by atoms with Crippen molar-refractivity contribution in [1.29, 1.82) is 0 Å². The standard InChI is InChI=1S/C16H19FN2O/c1-3-15-16(9-4-12(2)19-15)20-11-10-18-14-7-5-13(17)6-8-14/h4-9,18H,3,10-11H2,1-2H3. The maximum atomic E-state index is 12.8. The van der Waals surface area contributed by atoms with Crippen LogP contribution in [0.4, 0.5) is 10.1 Å². The topological polar surface area (TPSA) is 34.1 Å². The van der Waals surface area contributed by atoms with Gasteiger partial charge in [0.25, 0.3) is 0 Å². The fraction of sp³-hybridized carbons (Fsp3) is 0.312. The first-order valence-corrected chi connectivity index (χ1v) is 6.78. The Morgan fingerprint density at radius 2 is 1.90 bits per heavy atom. The second-order valence-electron chi connectivity index (χ2n) is 4.53. The molecule has 20 heavy (non-hydrogen) atoms. The van der Waals surface area contributed by atoms with Gasteiger partial charge in [0.05, 0.1) is 5.69 Å². The number of nitrogens with zero attached hydrogens (tertiary/aromatic N) is 1. The molecule has 106 valence electrons. The Morgan fingerprint density at radius 3 is 2.60 bits per heavy atom. The van der Waals surface area contributed by atoms with Crippen molar-refractivity contribution in [3.63, 3.8) is 0 Å². The molecule has 2 rings (SSSR count). The summed E-state index contributed by atoms with van der Waals surface area (Å²) >= 11 is 0. The number of benzene rings is 1. The first-order chi connectivity index (χ1) is 9.69. The van der Waals surface area contributed by atoms with E-state index in [-0.39, 0.29) is 5.82 Å². The van der Waals surface area contributed by atoms with Gasteiger partial charge >= 0.3 is 0 Å². The zero-order chi connectivity index (χ0) is 14.4. The van der Waals surface area contributed by atoms with E-state index in [1.54, 1.807) is 12.1 Å². The Morgan fingerprint density at radius 1 is 1.15 bits per heavy atom. The fourth-order valence-electron chi connectivity index (χ4n) is 1.91. The molecular weight excluding hydrogens is 255 g/mol. The molecule has 3 nitrogen and oxygen atoms in total. The lowest BCUT2D eigenvalue weighted by Crippen LogP contribution is -2.12. The lowest BCUT2D eigenvalue weighted by molar-refractivity contribution is 0.327. The van der Waals surface area contributed by atoms with Crippen molar-refractivity contribution in [1.82, 2.24) is 4.98 Å². The summed E-state index contributed by atoms with van der Waals surface area (Å²) in [6.07, 6.45) is 0.850. The molecule has 0 aliphatic carbocycles. The van der Waals surface area contributed by atoms with Crippen LogP contribution in [0.1, 0.15) is 18.3 Å². The third-order valence-corrected chi connectivity index (χ3v) is 2.94. The monoisotopic (exact) mass is 274 g/mol. The molecule has 0 atom stereocenters. The molecular formula is C16H19FN2O. The van der Waals surface area contributed by atoms with Crippen molar-refractivity contribution in [2.45, 2.75) is 20.3 Å². The average molecular weight is 274 g/mol. The third-order valence-electron chi connectivity index (χ3n) is 2.94. The molecule has 0 saturated heterocycles. The number of pyridine rings is 1. The summed E-state index contributed by atoms with van der Waals surface area (Å²) in [6.45, 7) is 5.22. The Bertz CT molecular complexity index is 555. The number of hydrogen-bond donors (Lipinski definition) is 1. The van der Waals surface area contributed by atoms with Gasteiger partial charge in [0.1, 0.15) is 18.2 Å². The van der Waals surface area contributed by atoms with Crippen LogP contribution in [-0.4, -0.2) is 18.1 Å². The van der Waals surface area contributed by atoms with Crippen molar-refractivity contribution in [3.05, 3.63) is 53.6 Å². The van der Waals surface area contributed by atoms with E-state index in [1.807, 2.05) is 19.1 Å². The highest BCUT2D eigenvalue weighted by Crippen LogP contribution is 2.17. The molecule has 1 heterocycles. The summed E-state index contributed by atoms with van der Waals surface area (Å²) in [7, 11) is 0. The van der Waals surface area contributed by atoms with Crippen LogP contribution in [0.2, 0.25) is 0 Å². The first-order valence-electron chi connectivity index (χ1n) is 6.78. The quantitative estimate of drug-likeness (QED) is 0.817. The molecule has 0 bridgehead atoms. The highest BCUT2D eigenvalue weighted by molar-refractivity contribution is 5.42. The number of halogens is 1. The molecule has 1 aromatic carbocycles. The lowest BCUT2D eigenvalue weighted by Gasteiger charge is -2.11. The Labute approximate surface area is 118 Å². The Hall–Kier alpha value is -2.10. The van der Waals surface area contributed by atoms with Crippen LogP contribution in [0, 0.1) is 12.7 Å². The van der Waals surface area contributed by atoms with Crippen LogP contribution in [0.25, 0.3) is 0 Å². The van der Waals surface area contributed by atoms with E-state index < -0.39 is 0 Å². The maximum absolute atomic E-state index is 12.8. The van der Waals surface area contributed by atoms with Crippen LogP contribution < -0.4 is 10.1 Å². The van der Waals surface area contributed by atoms with Gasteiger partial charge in [0, 0.05) is 17.9 Å². The summed E-state index contributed by atoms with van der Waals surface area (Å²) in [5, 5.41) is 3.18. The second-order valence-corrected chi connectivity index (χ2v) is 4.53. The van der Waals surface area contributed by atoms with E-state index in [0.29, 0.717) is 13.2 Å². The van der Waals surface area contributed by atoms with E-state index in [0.717, 1.165) is 29.2 Å². The van der Waals surface area contributed by atoms with Crippen molar-refractivity contribution in [2.24, 2.45) is 0 Å². The number of rotatable bonds is 6. The minimum atomic E-state index is -0.231. The highest BCUT2D eigenvalue weighted by atomic mass is 19.1.